The van der Waals surface area contributed by atoms with E-state index in [0.717, 1.165) is 6.07 Å². The maximum Gasteiger partial charge on any atom is 0.416 e. The first kappa shape index (κ1) is 15.0. The van der Waals surface area contributed by atoms with E-state index >= 15 is 0 Å². The molecule has 1 amide bonds. The number of rotatable bonds is 3. The number of carbonyl (C=O) groups excluding carboxylic acids is 1. The summed E-state index contributed by atoms with van der Waals surface area (Å²) in [6.07, 6.45) is -4.51. The number of nitrogens with one attached hydrogen (secondary N) is 1. The molecule has 0 aromatic heterocycles. The van der Waals surface area contributed by atoms with Gasteiger partial charge in [-0.25, -0.2) is 0 Å². The number of halogens is 3. The Balaban J connectivity index is 3.20. The minimum absolute atomic E-state index is 0.105. The predicted molar refractivity (Wildman–Crippen MR) is 63.5 cm³/mol. The van der Waals surface area contributed by atoms with Gasteiger partial charge in [-0.15, -0.1) is 0 Å². The Labute approximate surface area is 109 Å². The van der Waals surface area contributed by atoms with Crippen LogP contribution in [-0.4, -0.2) is 12.5 Å². The third-order valence-electron chi connectivity index (χ3n) is 2.57. The number of nitriles is 1. The second-order valence-electron chi connectivity index (χ2n) is 4.30. The summed E-state index contributed by atoms with van der Waals surface area (Å²) in [6, 6.07) is 5.14. The van der Waals surface area contributed by atoms with E-state index in [2.05, 4.69) is 5.32 Å². The van der Waals surface area contributed by atoms with Crippen LogP contribution in [0.2, 0.25) is 0 Å². The van der Waals surface area contributed by atoms with Gasteiger partial charge in [0.2, 0.25) is 0 Å². The molecule has 0 aliphatic carbocycles. The molecule has 0 saturated carbocycles. The smallest absolute Gasteiger partial charge is 0.339 e. The summed E-state index contributed by atoms with van der Waals surface area (Å²) in [4.78, 5) is 11.5. The van der Waals surface area contributed by atoms with Crippen molar-refractivity contribution in [2.45, 2.75) is 25.9 Å². The summed E-state index contributed by atoms with van der Waals surface area (Å²) in [7, 11) is 0. The number of nitrogens with zero attached hydrogens (tertiary/aromatic N) is 1. The molecule has 6 heteroatoms. The van der Waals surface area contributed by atoms with E-state index in [9.17, 15) is 18.0 Å². The molecule has 0 fully saturated rings. The summed E-state index contributed by atoms with van der Waals surface area (Å²) >= 11 is 0. The zero-order valence-electron chi connectivity index (χ0n) is 10.5. The van der Waals surface area contributed by atoms with Crippen molar-refractivity contribution in [2.75, 3.05) is 6.54 Å². The highest BCUT2D eigenvalue weighted by Gasteiger charge is 2.34. The monoisotopic (exact) mass is 270 g/mol. The normalized spacial score (nSPS) is 11.2. The van der Waals surface area contributed by atoms with Crippen LogP contribution < -0.4 is 5.32 Å². The molecule has 0 spiro atoms. The van der Waals surface area contributed by atoms with Gasteiger partial charge in [-0.2, -0.15) is 18.4 Å². The number of amides is 1. The van der Waals surface area contributed by atoms with E-state index in [1.807, 2.05) is 0 Å². The first-order valence-corrected chi connectivity index (χ1v) is 5.63. The zero-order valence-corrected chi connectivity index (χ0v) is 10.5. The maximum absolute atomic E-state index is 12.9. The fourth-order valence-electron chi connectivity index (χ4n) is 1.67. The van der Waals surface area contributed by atoms with Crippen molar-refractivity contribution in [3.05, 3.63) is 34.9 Å². The fraction of sp³-hybridized carbons (Fsp3) is 0.385. The van der Waals surface area contributed by atoms with Crippen LogP contribution in [0.4, 0.5) is 13.2 Å². The van der Waals surface area contributed by atoms with E-state index in [1.165, 1.54) is 12.1 Å². The third kappa shape index (κ3) is 3.71. The van der Waals surface area contributed by atoms with Crippen LogP contribution in [-0.2, 0) is 6.18 Å². The van der Waals surface area contributed by atoms with Gasteiger partial charge in [0.15, 0.2) is 0 Å². The molecule has 0 atom stereocenters. The molecule has 0 unspecified atom stereocenters. The lowest BCUT2D eigenvalue weighted by molar-refractivity contribution is -0.138. The molecule has 1 aromatic carbocycles. The zero-order chi connectivity index (χ0) is 14.6. The molecule has 1 N–H and O–H groups in total. The van der Waals surface area contributed by atoms with E-state index < -0.39 is 17.6 Å². The molecule has 1 aromatic rings. The van der Waals surface area contributed by atoms with Crippen LogP contribution in [0.3, 0.4) is 0 Å². The van der Waals surface area contributed by atoms with Crippen molar-refractivity contribution in [1.82, 2.24) is 5.32 Å². The number of benzene rings is 1. The van der Waals surface area contributed by atoms with Gasteiger partial charge in [-0.3, -0.25) is 4.79 Å². The van der Waals surface area contributed by atoms with Crippen molar-refractivity contribution >= 4 is 5.91 Å². The number of alkyl halides is 3. The summed E-state index contributed by atoms with van der Waals surface area (Å²) in [6.45, 7) is 3.06. The molecule has 19 heavy (non-hydrogen) atoms. The maximum atomic E-state index is 12.9. The van der Waals surface area contributed by atoms with Crippen molar-refractivity contribution < 1.29 is 18.0 Å². The number of hydrogen-bond acceptors (Lipinski definition) is 2. The predicted octanol–water partition coefficient (Wildman–Crippen LogP) is 3.08. The molecule has 0 bridgehead atoms. The van der Waals surface area contributed by atoms with Crippen molar-refractivity contribution in [3.8, 4) is 6.07 Å². The van der Waals surface area contributed by atoms with E-state index in [4.69, 9.17) is 5.26 Å². The molecule has 1 rings (SSSR count). The Morgan fingerprint density at radius 2 is 2.05 bits per heavy atom. The second-order valence-corrected chi connectivity index (χ2v) is 4.30. The highest BCUT2D eigenvalue weighted by molar-refractivity contribution is 5.94. The SMILES string of the molecule is CC(C)c1ccc(C(=O)NCC#N)cc1C(F)(F)F. The van der Waals surface area contributed by atoms with Crippen LogP contribution >= 0.6 is 0 Å². The van der Waals surface area contributed by atoms with Gasteiger partial charge in [-0.05, 0) is 23.6 Å². The highest BCUT2D eigenvalue weighted by atomic mass is 19.4. The third-order valence-corrected chi connectivity index (χ3v) is 2.57. The molecule has 0 aliphatic rings. The average molecular weight is 270 g/mol. The van der Waals surface area contributed by atoms with Gasteiger partial charge in [-0.1, -0.05) is 19.9 Å². The van der Waals surface area contributed by atoms with Gasteiger partial charge >= 0.3 is 6.18 Å². The van der Waals surface area contributed by atoms with Gasteiger partial charge in [0.25, 0.3) is 5.91 Å². The molecule has 0 aliphatic heterocycles. The van der Waals surface area contributed by atoms with Crippen LogP contribution in [0.25, 0.3) is 0 Å². The largest absolute Gasteiger partial charge is 0.416 e. The molecule has 0 heterocycles. The molecule has 3 nitrogen and oxygen atoms in total. The fourth-order valence-corrected chi connectivity index (χ4v) is 1.67. The summed E-state index contributed by atoms with van der Waals surface area (Å²) in [5, 5.41) is 10.5. The van der Waals surface area contributed by atoms with E-state index in [1.54, 1.807) is 19.9 Å². The first-order valence-electron chi connectivity index (χ1n) is 5.63. The number of carbonyl (C=O) groups is 1. The Kier molecular flexibility index (Phi) is 4.54. The Morgan fingerprint density at radius 3 is 2.53 bits per heavy atom. The summed E-state index contributed by atoms with van der Waals surface area (Å²) < 4.78 is 38.8. The molecule has 0 radical (unpaired) electrons. The van der Waals surface area contributed by atoms with Gasteiger partial charge in [0.1, 0.15) is 6.54 Å². The summed E-state index contributed by atoms with van der Waals surface area (Å²) in [5.41, 5.74) is -0.775. The average Bonchev–Trinajstić information content (AvgIpc) is 2.34. The van der Waals surface area contributed by atoms with Crippen LogP contribution in [0.15, 0.2) is 18.2 Å². The van der Waals surface area contributed by atoms with Gasteiger partial charge in [0.05, 0.1) is 11.6 Å². The van der Waals surface area contributed by atoms with E-state index in [-0.39, 0.29) is 23.6 Å². The first-order chi connectivity index (χ1) is 8.77. The lowest BCUT2D eigenvalue weighted by Crippen LogP contribution is -2.24. The van der Waals surface area contributed by atoms with E-state index in [0.29, 0.717) is 0 Å². The lowest BCUT2D eigenvalue weighted by Gasteiger charge is -2.16. The number of hydrogen-bond donors (Lipinski definition) is 1. The van der Waals surface area contributed by atoms with Crippen molar-refractivity contribution in [1.29, 1.82) is 5.26 Å². The Bertz CT molecular complexity index is 516. The summed E-state index contributed by atoms with van der Waals surface area (Å²) in [5.74, 6) is -0.991. The molecule has 0 saturated heterocycles. The standard InChI is InChI=1S/C13H13F3N2O/c1-8(2)10-4-3-9(12(19)18-6-5-17)7-11(10)13(14,15)16/h3-4,7-8H,6H2,1-2H3,(H,18,19). The Hall–Kier alpha value is -2.03. The quantitative estimate of drug-likeness (QED) is 0.858. The van der Waals surface area contributed by atoms with Gasteiger partial charge in [0, 0.05) is 5.56 Å². The van der Waals surface area contributed by atoms with Crippen LogP contribution in [0, 0.1) is 11.3 Å². The lowest BCUT2D eigenvalue weighted by atomic mass is 9.94. The minimum atomic E-state index is -4.51. The second kappa shape index (κ2) is 5.74. The minimum Gasteiger partial charge on any atom is -0.339 e. The topological polar surface area (TPSA) is 52.9 Å². The molecule has 102 valence electrons. The van der Waals surface area contributed by atoms with Gasteiger partial charge < -0.3 is 5.32 Å². The van der Waals surface area contributed by atoms with Crippen molar-refractivity contribution in [3.63, 3.8) is 0 Å². The molecular weight excluding hydrogens is 257 g/mol. The Morgan fingerprint density at radius 1 is 1.42 bits per heavy atom. The van der Waals surface area contributed by atoms with Crippen molar-refractivity contribution in [2.24, 2.45) is 0 Å². The highest BCUT2D eigenvalue weighted by Crippen LogP contribution is 2.35. The van der Waals surface area contributed by atoms with Crippen LogP contribution in [0.1, 0.15) is 41.3 Å². The molecular formula is C13H13F3N2O. The van der Waals surface area contributed by atoms with Crippen LogP contribution in [0.5, 0.6) is 0 Å².